The lowest BCUT2D eigenvalue weighted by molar-refractivity contribution is 0.127. The normalized spacial score (nSPS) is 22.0. The molecular formula is C18H37N3. The Hall–Kier alpha value is -0.600. The van der Waals surface area contributed by atoms with Crippen molar-refractivity contribution in [1.29, 1.82) is 0 Å². The minimum absolute atomic E-state index is 0.190. The lowest BCUT2D eigenvalue weighted by Gasteiger charge is -2.33. The number of nitrogens with zero attached hydrogens (tertiary/aromatic N) is 3. The Morgan fingerprint density at radius 1 is 0.905 bits per heavy atom. The molecule has 0 saturated carbocycles. The van der Waals surface area contributed by atoms with Crippen LogP contribution in [0.15, 0.2) is 10.3 Å². The molecule has 1 heterocycles. The van der Waals surface area contributed by atoms with Crippen LogP contribution >= 0.6 is 0 Å². The molecule has 0 bridgehead atoms. The van der Waals surface area contributed by atoms with Crippen molar-refractivity contribution in [2.75, 3.05) is 13.1 Å². The molecule has 0 aromatic carbocycles. The van der Waals surface area contributed by atoms with Crippen molar-refractivity contribution in [2.24, 2.45) is 22.2 Å². The molecule has 21 heavy (non-hydrogen) atoms. The van der Waals surface area contributed by atoms with Crippen LogP contribution in [0.1, 0.15) is 86.0 Å². The van der Waals surface area contributed by atoms with Crippen LogP contribution < -0.4 is 0 Å². The highest BCUT2D eigenvalue weighted by atomic mass is 15.6. The lowest BCUT2D eigenvalue weighted by atomic mass is 9.93. The fourth-order valence-corrected chi connectivity index (χ4v) is 3.03. The largest absolute Gasteiger partial charge is 0.271 e. The SMILES string of the molecule is CC(C)CCCCCCC1(C)CN=NN1CCCC(C)C. The summed E-state index contributed by atoms with van der Waals surface area (Å²) in [5.74, 6) is 1.64. The first-order valence-electron chi connectivity index (χ1n) is 9.09. The second kappa shape index (κ2) is 9.42. The second-order valence-corrected chi connectivity index (χ2v) is 7.89. The average molecular weight is 296 g/mol. The van der Waals surface area contributed by atoms with Gasteiger partial charge in [-0.2, -0.15) is 5.11 Å². The van der Waals surface area contributed by atoms with Gasteiger partial charge >= 0.3 is 0 Å². The van der Waals surface area contributed by atoms with E-state index < -0.39 is 0 Å². The Morgan fingerprint density at radius 2 is 1.52 bits per heavy atom. The second-order valence-electron chi connectivity index (χ2n) is 7.89. The maximum Gasteiger partial charge on any atom is 0.0866 e. The van der Waals surface area contributed by atoms with Gasteiger partial charge in [0.05, 0.1) is 12.1 Å². The molecule has 0 N–H and O–H groups in total. The fourth-order valence-electron chi connectivity index (χ4n) is 3.03. The lowest BCUT2D eigenvalue weighted by Crippen LogP contribution is -2.42. The van der Waals surface area contributed by atoms with Crippen molar-refractivity contribution in [3.8, 4) is 0 Å². The van der Waals surface area contributed by atoms with Crippen molar-refractivity contribution in [2.45, 2.75) is 91.5 Å². The zero-order valence-electron chi connectivity index (χ0n) is 15.1. The van der Waals surface area contributed by atoms with Gasteiger partial charge < -0.3 is 0 Å². The molecule has 0 aliphatic carbocycles. The minimum atomic E-state index is 0.190. The summed E-state index contributed by atoms with van der Waals surface area (Å²) < 4.78 is 0. The maximum absolute atomic E-state index is 4.38. The van der Waals surface area contributed by atoms with E-state index in [1.54, 1.807) is 0 Å². The predicted molar refractivity (Wildman–Crippen MR) is 91.4 cm³/mol. The standard InChI is InChI=1S/C18H37N3/c1-16(2)11-8-6-7-9-13-18(5)15-19-20-21(18)14-10-12-17(3)4/h16-17H,6-15H2,1-5H3. The van der Waals surface area contributed by atoms with Crippen LogP contribution in [0, 0.1) is 11.8 Å². The summed E-state index contributed by atoms with van der Waals surface area (Å²) in [6.45, 7) is 13.5. The van der Waals surface area contributed by atoms with E-state index in [9.17, 15) is 0 Å². The van der Waals surface area contributed by atoms with E-state index in [1.807, 2.05) is 0 Å². The summed E-state index contributed by atoms with van der Waals surface area (Å²) in [4.78, 5) is 0. The summed E-state index contributed by atoms with van der Waals surface area (Å²) in [6.07, 6.45) is 10.6. The van der Waals surface area contributed by atoms with Crippen molar-refractivity contribution < 1.29 is 0 Å². The van der Waals surface area contributed by atoms with E-state index >= 15 is 0 Å². The summed E-state index contributed by atoms with van der Waals surface area (Å²) in [5, 5.41) is 11.0. The van der Waals surface area contributed by atoms with E-state index in [2.05, 4.69) is 50.0 Å². The first kappa shape index (κ1) is 18.4. The van der Waals surface area contributed by atoms with Gasteiger partial charge in [0.2, 0.25) is 0 Å². The predicted octanol–water partition coefficient (Wildman–Crippen LogP) is 5.86. The molecule has 3 heteroatoms. The van der Waals surface area contributed by atoms with Crippen LogP contribution in [0.4, 0.5) is 0 Å². The molecule has 0 radical (unpaired) electrons. The topological polar surface area (TPSA) is 28.0 Å². The highest BCUT2D eigenvalue weighted by Crippen LogP contribution is 2.29. The molecule has 0 fully saturated rings. The van der Waals surface area contributed by atoms with E-state index in [0.717, 1.165) is 24.9 Å². The average Bonchev–Trinajstić information content (AvgIpc) is 2.75. The van der Waals surface area contributed by atoms with Crippen LogP contribution in [0.3, 0.4) is 0 Å². The summed E-state index contributed by atoms with van der Waals surface area (Å²) in [6, 6.07) is 0. The number of rotatable bonds is 11. The molecule has 0 amide bonds. The monoisotopic (exact) mass is 295 g/mol. The maximum atomic E-state index is 4.38. The Labute approximate surface area is 132 Å². The summed E-state index contributed by atoms with van der Waals surface area (Å²) >= 11 is 0. The van der Waals surface area contributed by atoms with E-state index in [4.69, 9.17) is 0 Å². The van der Waals surface area contributed by atoms with Crippen LogP contribution in [-0.2, 0) is 0 Å². The Bertz CT molecular complexity index is 299. The third kappa shape index (κ3) is 7.28. The van der Waals surface area contributed by atoms with Gasteiger partial charge in [-0.25, -0.2) is 0 Å². The molecule has 124 valence electrons. The quantitative estimate of drug-likeness (QED) is 0.439. The first-order chi connectivity index (χ1) is 9.94. The molecule has 1 unspecified atom stereocenters. The molecular weight excluding hydrogens is 258 g/mol. The molecule has 1 aliphatic heterocycles. The molecule has 1 aliphatic rings. The van der Waals surface area contributed by atoms with Gasteiger partial charge in [0.1, 0.15) is 0 Å². The first-order valence-corrected chi connectivity index (χ1v) is 9.09. The van der Waals surface area contributed by atoms with Crippen molar-refractivity contribution in [1.82, 2.24) is 5.01 Å². The number of hydrogen-bond donors (Lipinski definition) is 0. The smallest absolute Gasteiger partial charge is 0.0866 e. The fraction of sp³-hybridized carbons (Fsp3) is 1.00. The van der Waals surface area contributed by atoms with Gasteiger partial charge in [0, 0.05) is 6.54 Å². The third-order valence-electron chi connectivity index (χ3n) is 4.60. The zero-order valence-corrected chi connectivity index (χ0v) is 15.1. The Balaban J connectivity index is 2.19. The summed E-state index contributed by atoms with van der Waals surface area (Å²) in [7, 11) is 0. The molecule has 1 atom stereocenters. The van der Waals surface area contributed by atoms with Gasteiger partial charge in [-0.05, 0) is 38.0 Å². The van der Waals surface area contributed by atoms with E-state index in [0.29, 0.717) is 0 Å². The van der Waals surface area contributed by atoms with Crippen LogP contribution in [-0.4, -0.2) is 23.6 Å². The molecule has 0 saturated heterocycles. The molecule has 1 rings (SSSR count). The minimum Gasteiger partial charge on any atom is -0.271 e. The Kier molecular flexibility index (Phi) is 8.28. The van der Waals surface area contributed by atoms with Gasteiger partial charge in [-0.3, -0.25) is 5.01 Å². The zero-order chi connectivity index (χ0) is 15.7. The van der Waals surface area contributed by atoms with Crippen LogP contribution in [0.2, 0.25) is 0 Å². The van der Waals surface area contributed by atoms with Gasteiger partial charge in [0.15, 0.2) is 0 Å². The molecule has 0 aromatic heterocycles. The van der Waals surface area contributed by atoms with Crippen molar-refractivity contribution in [3.63, 3.8) is 0 Å². The number of unbranched alkanes of at least 4 members (excludes halogenated alkanes) is 3. The van der Waals surface area contributed by atoms with Gasteiger partial charge in [-0.15, -0.1) is 0 Å². The highest BCUT2D eigenvalue weighted by Gasteiger charge is 2.34. The summed E-state index contributed by atoms with van der Waals surface area (Å²) in [5.41, 5.74) is 0.190. The Morgan fingerprint density at radius 3 is 2.19 bits per heavy atom. The molecule has 0 aromatic rings. The third-order valence-corrected chi connectivity index (χ3v) is 4.60. The molecule has 3 nitrogen and oxygen atoms in total. The van der Waals surface area contributed by atoms with E-state index in [-0.39, 0.29) is 5.54 Å². The van der Waals surface area contributed by atoms with Crippen molar-refractivity contribution in [3.05, 3.63) is 0 Å². The van der Waals surface area contributed by atoms with Gasteiger partial charge in [0.25, 0.3) is 0 Å². The van der Waals surface area contributed by atoms with Crippen LogP contribution in [0.25, 0.3) is 0 Å². The van der Waals surface area contributed by atoms with E-state index in [1.165, 1.54) is 51.4 Å². The van der Waals surface area contributed by atoms with Crippen molar-refractivity contribution >= 4 is 0 Å². The molecule has 0 spiro atoms. The highest BCUT2D eigenvalue weighted by molar-refractivity contribution is 4.89. The van der Waals surface area contributed by atoms with Gasteiger partial charge in [-0.1, -0.05) is 65.0 Å². The number of hydrogen-bond acceptors (Lipinski definition) is 3. The van der Waals surface area contributed by atoms with Crippen LogP contribution in [0.5, 0.6) is 0 Å².